The summed E-state index contributed by atoms with van der Waals surface area (Å²) in [5.74, 6) is -0.126. The molecular weight excluding hydrogens is 320 g/mol. The van der Waals surface area contributed by atoms with Crippen LogP contribution in [-0.4, -0.2) is 24.9 Å². The second-order valence-electron chi connectivity index (χ2n) is 5.19. The fourth-order valence-corrected chi connectivity index (χ4v) is 3.66. The second kappa shape index (κ2) is 6.18. The van der Waals surface area contributed by atoms with E-state index < -0.39 is 0 Å². The van der Waals surface area contributed by atoms with Crippen LogP contribution >= 0.6 is 11.3 Å². The van der Waals surface area contributed by atoms with E-state index in [-0.39, 0.29) is 5.92 Å². The van der Waals surface area contributed by atoms with Crippen LogP contribution in [0, 0.1) is 11.3 Å². The number of rotatable bonds is 4. The minimum Gasteiger partial charge on any atom is -0.346 e. The molecule has 1 N–H and O–H groups in total. The van der Waals surface area contributed by atoms with Gasteiger partial charge in [-0.05, 0) is 18.2 Å². The maximum Gasteiger partial charge on any atom is 0.141 e. The largest absolute Gasteiger partial charge is 0.346 e. The van der Waals surface area contributed by atoms with Crippen molar-refractivity contribution in [3.05, 3.63) is 59.9 Å². The van der Waals surface area contributed by atoms with E-state index in [2.05, 4.69) is 31.0 Å². The number of nitriles is 1. The zero-order chi connectivity index (χ0) is 16.4. The Hall–Kier alpha value is -3.11. The van der Waals surface area contributed by atoms with Crippen molar-refractivity contribution < 1.29 is 0 Å². The maximum absolute atomic E-state index is 9.17. The first-order chi connectivity index (χ1) is 11.9. The van der Waals surface area contributed by atoms with E-state index in [1.54, 1.807) is 23.9 Å². The van der Waals surface area contributed by atoms with Gasteiger partial charge in [0.05, 0.1) is 28.3 Å². The van der Waals surface area contributed by atoms with Crippen LogP contribution in [0.2, 0.25) is 0 Å². The van der Waals surface area contributed by atoms with Gasteiger partial charge in [0.1, 0.15) is 17.0 Å². The summed E-state index contributed by atoms with van der Waals surface area (Å²) < 4.78 is 0. The number of hydrogen-bond acceptors (Lipinski definition) is 6. The van der Waals surface area contributed by atoms with E-state index in [1.807, 2.05) is 36.7 Å². The van der Waals surface area contributed by atoms with E-state index in [9.17, 15) is 5.26 Å². The molecule has 4 heterocycles. The fourth-order valence-electron chi connectivity index (χ4n) is 2.62. The molecule has 0 fully saturated rings. The standard InChI is InChI=1S/C17H12N6S/c18-6-4-11(13-3-1-2-7-19-13)17-21-9-14(24-17)15-12-5-8-20-16(12)23-10-22-15/h1-3,5,7-11H,4H2,(H,20,22,23). The van der Waals surface area contributed by atoms with E-state index in [0.29, 0.717) is 6.42 Å². The Kier molecular flexibility index (Phi) is 3.73. The molecule has 4 aromatic rings. The number of H-pyrrole nitrogens is 1. The van der Waals surface area contributed by atoms with Gasteiger partial charge in [-0.3, -0.25) is 4.98 Å². The molecule has 0 amide bonds. The van der Waals surface area contributed by atoms with Crippen molar-refractivity contribution in [2.24, 2.45) is 0 Å². The fraction of sp³-hybridized carbons (Fsp3) is 0.118. The van der Waals surface area contributed by atoms with Crippen LogP contribution < -0.4 is 0 Å². The second-order valence-corrected chi connectivity index (χ2v) is 6.26. The van der Waals surface area contributed by atoms with Crippen molar-refractivity contribution in [3.63, 3.8) is 0 Å². The van der Waals surface area contributed by atoms with Crippen molar-refractivity contribution in [2.45, 2.75) is 12.3 Å². The molecule has 4 rings (SSSR count). The molecule has 0 aliphatic rings. The summed E-state index contributed by atoms with van der Waals surface area (Å²) in [7, 11) is 0. The minimum atomic E-state index is -0.126. The van der Waals surface area contributed by atoms with Gasteiger partial charge in [0.2, 0.25) is 0 Å². The Labute approximate surface area is 141 Å². The molecule has 0 radical (unpaired) electrons. The topological polar surface area (TPSA) is 91.1 Å². The molecule has 1 unspecified atom stereocenters. The molecule has 4 aromatic heterocycles. The molecule has 0 aliphatic carbocycles. The Bertz CT molecular complexity index is 1010. The molecule has 0 bridgehead atoms. The van der Waals surface area contributed by atoms with E-state index in [1.165, 1.54) is 0 Å². The summed E-state index contributed by atoms with van der Waals surface area (Å²) in [4.78, 5) is 21.6. The van der Waals surface area contributed by atoms with Crippen molar-refractivity contribution >= 4 is 22.4 Å². The Morgan fingerprint density at radius 2 is 2.12 bits per heavy atom. The predicted molar refractivity (Wildman–Crippen MR) is 91.3 cm³/mol. The monoisotopic (exact) mass is 332 g/mol. The predicted octanol–water partition coefficient (Wildman–Crippen LogP) is 3.52. The van der Waals surface area contributed by atoms with Gasteiger partial charge in [-0.15, -0.1) is 11.3 Å². The molecule has 7 heteroatoms. The third kappa shape index (κ3) is 2.53. The van der Waals surface area contributed by atoms with E-state index in [0.717, 1.165) is 32.3 Å². The quantitative estimate of drug-likeness (QED) is 0.617. The smallest absolute Gasteiger partial charge is 0.141 e. The van der Waals surface area contributed by atoms with Crippen LogP contribution in [0.5, 0.6) is 0 Å². The van der Waals surface area contributed by atoms with Gasteiger partial charge in [-0.1, -0.05) is 6.07 Å². The summed E-state index contributed by atoms with van der Waals surface area (Å²) in [5.41, 5.74) is 2.50. The summed E-state index contributed by atoms with van der Waals surface area (Å²) in [6.07, 6.45) is 7.27. The lowest BCUT2D eigenvalue weighted by Gasteiger charge is -2.09. The summed E-state index contributed by atoms with van der Waals surface area (Å²) in [6, 6.07) is 9.91. The molecule has 0 spiro atoms. The van der Waals surface area contributed by atoms with Crippen LogP contribution in [0.15, 0.2) is 49.2 Å². The molecule has 24 heavy (non-hydrogen) atoms. The molecule has 0 aliphatic heterocycles. The summed E-state index contributed by atoms with van der Waals surface area (Å²) in [6.45, 7) is 0. The highest BCUT2D eigenvalue weighted by Crippen LogP contribution is 2.35. The zero-order valence-electron chi connectivity index (χ0n) is 12.5. The van der Waals surface area contributed by atoms with Crippen LogP contribution in [0.1, 0.15) is 23.0 Å². The highest BCUT2D eigenvalue weighted by molar-refractivity contribution is 7.15. The van der Waals surface area contributed by atoms with Crippen molar-refractivity contribution in [2.75, 3.05) is 0 Å². The van der Waals surface area contributed by atoms with E-state index >= 15 is 0 Å². The summed E-state index contributed by atoms with van der Waals surface area (Å²) in [5, 5.41) is 11.0. The van der Waals surface area contributed by atoms with Gasteiger partial charge in [-0.25, -0.2) is 15.0 Å². The summed E-state index contributed by atoms with van der Waals surface area (Å²) >= 11 is 1.54. The van der Waals surface area contributed by atoms with Crippen LogP contribution in [0.3, 0.4) is 0 Å². The van der Waals surface area contributed by atoms with Crippen molar-refractivity contribution in [3.8, 4) is 16.6 Å². The molecule has 0 aromatic carbocycles. The average Bonchev–Trinajstić information content (AvgIpc) is 3.29. The molecule has 1 atom stereocenters. The number of thiazole rings is 1. The Morgan fingerprint density at radius 1 is 1.17 bits per heavy atom. The lowest BCUT2D eigenvalue weighted by atomic mass is 10.0. The van der Waals surface area contributed by atoms with Gasteiger partial charge in [-0.2, -0.15) is 5.26 Å². The molecule has 0 saturated heterocycles. The van der Waals surface area contributed by atoms with Gasteiger partial charge in [0.15, 0.2) is 0 Å². The van der Waals surface area contributed by atoms with Gasteiger partial charge < -0.3 is 4.98 Å². The number of nitrogens with zero attached hydrogens (tertiary/aromatic N) is 5. The highest BCUT2D eigenvalue weighted by atomic mass is 32.1. The lowest BCUT2D eigenvalue weighted by molar-refractivity contribution is 0.793. The van der Waals surface area contributed by atoms with Crippen molar-refractivity contribution in [1.29, 1.82) is 5.26 Å². The number of pyridine rings is 1. The Balaban J connectivity index is 1.76. The third-order valence-electron chi connectivity index (χ3n) is 3.75. The maximum atomic E-state index is 9.17. The average molecular weight is 332 g/mol. The third-order valence-corrected chi connectivity index (χ3v) is 4.87. The number of aromatic nitrogens is 5. The van der Waals surface area contributed by atoms with Gasteiger partial charge in [0, 0.05) is 30.4 Å². The lowest BCUT2D eigenvalue weighted by Crippen LogP contribution is -2.01. The van der Waals surface area contributed by atoms with Gasteiger partial charge in [0.25, 0.3) is 0 Å². The van der Waals surface area contributed by atoms with Gasteiger partial charge >= 0.3 is 0 Å². The van der Waals surface area contributed by atoms with Crippen molar-refractivity contribution in [1.82, 2.24) is 24.9 Å². The number of nitrogens with one attached hydrogen (secondary N) is 1. The molecule has 0 saturated carbocycles. The number of hydrogen-bond donors (Lipinski definition) is 1. The zero-order valence-corrected chi connectivity index (χ0v) is 13.4. The SMILES string of the molecule is N#CCC(c1ccccn1)c1ncc(-c2ncnc3[nH]ccc23)s1. The van der Waals surface area contributed by atoms with Crippen LogP contribution in [0.25, 0.3) is 21.6 Å². The highest BCUT2D eigenvalue weighted by Gasteiger charge is 2.20. The molecule has 116 valence electrons. The first kappa shape index (κ1) is 14.5. The minimum absolute atomic E-state index is 0.126. The first-order valence-electron chi connectivity index (χ1n) is 7.39. The number of fused-ring (bicyclic) bond motifs is 1. The van der Waals surface area contributed by atoms with Crippen LogP contribution in [0.4, 0.5) is 0 Å². The van der Waals surface area contributed by atoms with Crippen LogP contribution in [-0.2, 0) is 0 Å². The molecular formula is C17H12N6S. The number of aromatic amines is 1. The first-order valence-corrected chi connectivity index (χ1v) is 8.20. The normalized spacial score (nSPS) is 12.1. The Morgan fingerprint density at radius 3 is 2.96 bits per heavy atom. The molecule has 6 nitrogen and oxygen atoms in total. The van der Waals surface area contributed by atoms with E-state index in [4.69, 9.17) is 0 Å².